The number of hydrogen-bond acceptors (Lipinski definition) is 4. The fourth-order valence-electron chi connectivity index (χ4n) is 1.22. The molecule has 0 spiro atoms. The van der Waals surface area contributed by atoms with Gasteiger partial charge in [-0.15, -0.1) is 0 Å². The molecule has 0 N–H and O–H groups in total. The van der Waals surface area contributed by atoms with Gasteiger partial charge >= 0.3 is 0 Å². The van der Waals surface area contributed by atoms with E-state index in [-0.39, 0.29) is 11.7 Å². The van der Waals surface area contributed by atoms with Crippen LogP contribution >= 0.6 is 0 Å². The number of aromatic nitrogens is 2. The van der Waals surface area contributed by atoms with Crippen LogP contribution in [0.3, 0.4) is 0 Å². The van der Waals surface area contributed by atoms with Crippen LogP contribution in [0.4, 0.5) is 0 Å². The molecule has 0 fully saturated rings. The third-order valence-electron chi connectivity index (χ3n) is 1.87. The van der Waals surface area contributed by atoms with Crippen LogP contribution in [0, 0.1) is 5.92 Å². The number of carbonyl (C=O) groups excluding carboxylic acids is 1. The highest BCUT2D eigenvalue weighted by molar-refractivity contribution is 5.95. The Morgan fingerprint density at radius 2 is 2.14 bits per heavy atom. The van der Waals surface area contributed by atoms with Gasteiger partial charge in [0, 0.05) is 32.5 Å². The van der Waals surface area contributed by atoms with Crippen LogP contribution < -0.4 is 0 Å². The van der Waals surface area contributed by atoms with Gasteiger partial charge in [-0.3, -0.25) is 4.79 Å². The van der Waals surface area contributed by atoms with Crippen molar-refractivity contribution < 1.29 is 9.53 Å². The lowest BCUT2D eigenvalue weighted by atomic mass is 10.0. The van der Waals surface area contributed by atoms with Crippen molar-refractivity contribution in [2.45, 2.75) is 13.3 Å². The van der Waals surface area contributed by atoms with Gasteiger partial charge in [-0.05, 0) is 5.92 Å². The normalized spacial score (nSPS) is 12.4. The van der Waals surface area contributed by atoms with E-state index in [1.807, 2.05) is 6.92 Å². The minimum absolute atomic E-state index is 0.0650. The van der Waals surface area contributed by atoms with Gasteiger partial charge in [-0.1, -0.05) is 6.92 Å². The number of methoxy groups -OCH3 is 1. The molecule has 0 saturated carbocycles. The average Bonchev–Trinajstić information content (AvgIpc) is 2.19. The summed E-state index contributed by atoms with van der Waals surface area (Å²) in [5.41, 5.74) is 0.565. The van der Waals surface area contributed by atoms with Crippen molar-refractivity contribution in [3.05, 3.63) is 24.3 Å². The molecule has 1 aromatic heterocycles. The highest BCUT2D eigenvalue weighted by Crippen LogP contribution is 2.08. The van der Waals surface area contributed by atoms with E-state index >= 15 is 0 Å². The van der Waals surface area contributed by atoms with Crippen LogP contribution in [-0.2, 0) is 4.74 Å². The Kier molecular flexibility index (Phi) is 4.19. The summed E-state index contributed by atoms with van der Waals surface area (Å²) in [6, 6.07) is 0. The van der Waals surface area contributed by atoms with Gasteiger partial charge < -0.3 is 4.74 Å². The maximum atomic E-state index is 11.6. The number of ketones is 1. The van der Waals surface area contributed by atoms with Crippen LogP contribution in [0.15, 0.2) is 18.7 Å². The quantitative estimate of drug-likeness (QED) is 0.663. The topological polar surface area (TPSA) is 52.1 Å². The molecular weight excluding hydrogens is 180 g/mol. The maximum Gasteiger partial charge on any atom is 0.166 e. The zero-order chi connectivity index (χ0) is 10.4. The summed E-state index contributed by atoms with van der Waals surface area (Å²) in [5, 5.41) is 0. The van der Waals surface area contributed by atoms with E-state index in [1.165, 1.54) is 18.7 Å². The third kappa shape index (κ3) is 3.22. The van der Waals surface area contributed by atoms with Crippen molar-refractivity contribution in [3.63, 3.8) is 0 Å². The predicted octanol–water partition coefficient (Wildman–Crippen LogP) is 1.33. The lowest BCUT2D eigenvalue weighted by Crippen LogP contribution is -2.11. The van der Waals surface area contributed by atoms with Crippen molar-refractivity contribution in [2.75, 3.05) is 13.7 Å². The zero-order valence-corrected chi connectivity index (χ0v) is 8.43. The molecule has 0 bridgehead atoms. The van der Waals surface area contributed by atoms with Gasteiger partial charge in [0.15, 0.2) is 5.78 Å². The van der Waals surface area contributed by atoms with E-state index in [0.29, 0.717) is 18.6 Å². The number of nitrogens with zero attached hydrogens (tertiary/aromatic N) is 2. The molecule has 0 aromatic carbocycles. The Hall–Kier alpha value is -1.29. The minimum Gasteiger partial charge on any atom is -0.384 e. The Bertz CT molecular complexity index is 287. The third-order valence-corrected chi connectivity index (χ3v) is 1.87. The van der Waals surface area contributed by atoms with Crippen molar-refractivity contribution in [1.29, 1.82) is 0 Å². The maximum absolute atomic E-state index is 11.6. The van der Waals surface area contributed by atoms with Crippen LogP contribution in [-0.4, -0.2) is 29.5 Å². The molecule has 0 aliphatic carbocycles. The lowest BCUT2D eigenvalue weighted by molar-refractivity contribution is 0.0919. The number of Topliss-reactive ketones (excluding diaryl/α,β-unsaturated/α-hetero) is 1. The Balaban J connectivity index is 2.51. The van der Waals surface area contributed by atoms with Crippen molar-refractivity contribution in [1.82, 2.24) is 9.97 Å². The molecule has 0 radical (unpaired) electrons. The molecule has 0 aliphatic rings. The fraction of sp³-hybridized carbons (Fsp3) is 0.500. The van der Waals surface area contributed by atoms with Gasteiger partial charge in [0.25, 0.3) is 0 Å². The van der Waals surface area contributed by atoms with E-state index in [2.05, 4.69) is 9.97 Å². The summed E-state index contributed by atoms with van der Waals surface area (Å²) >= 11 is 0. The molecule has 1 atom stereocenters. The first kappa shape index (κ1) is 10.8. The average molecular weight is 194 g/mol. The van der Waals surface area contributed by atoms with E-state index in [4.69, 9.17) is 4.74 Å². The molecule has 0 amide bonds. The molecule has 1 heterocycles. The SMILES string of the molecule is COCC(C)CC(=O)c1cncnc1. The van der Waals surface area contributed by atoms with Gasteiger partial charge in [0.2, 0.25) is 0 Å². The van der Waals surface area contributed by atoms with Crippen molar-refractivity contribution in [3.8, 4) is 0 Å². The first-order chi connectivity index (χ1) is 6.74. The van der Waals surface area contributed by atoms with Gasteiger partial charge in [0.05, 0.1) is 5.56 Å². The smallest absolute Gasteiger partial charge is 0.166 e. The lowest BCUT2D eigenvalue weighted by Gasteiger charge is -2.08. The number of ether oxygens (including phenoxy) is 1. The molecule has 1 unspecified atom stereocenters. The summed E-state index contributed by atoms with van der Waals surface area (Å²) in [6.45, 7) is 2.57. The summed E-state index contributed by atoms with van der Waals surface area (Å²) in [6.07, 6.45) is 4.96. The number of hydrogen-bond donors (Lipinski definition) is 0. The first-order valence-electron chi connectivity index (χ1n) is 4.51. The zero-order valence-electron chi connectivity index (χ0n) is 8.43. The molecule has 4 heteroatoms. The van der Waals surface area contributed by atoms with E-state index in [1.54, 1.807) is 7.11 Å². The van der Waals surface area contributed by atoms with Crippen molar-refractivity contribution in [2.24, 2.45) is 5.92 Å². The number of carbonyl (C=O) groups is 1. The summed E-state index contributed by atoms with van der Waals surface area (Å²) in [7, 11) is 1.63. The second-order valence-electron chi connectivity index (χ2n) is 3.31. The van der Waals surface area contributed by atoms with Crippen LogP contribution in [0.25, 0.3) is 0 Å². The largest absolute Gasteiger partial charge is 0.384 e. The van der Waals surface area contributed by atoms with Gasteiger partial charge in [-0.25, -0.2) is 9.97 Å². The highest BCUT2D eigenvalue weighted by atomic mass is 16.5. The second kappa shape index (κ2) is 5.44. The highest BCUT2D eigenvalue weighted by Gasteiger charge is 2.11. The minimum atomic E-state index is 0.0650. The summed E-state index contributed by atoms with van der Waals surface area (Å²) in [5.74, 6) is 0.294. The molecule has 76 valence electrons. The molecule has 14 heavy (non-hydrogen) atoms. The van der Waals surface area contributed by atoms with Crippen LogP contribution in [0.5, 0.6) is 0 Å². The van der Waals surface area contributed by atoms with Gasteiger partial charge in [-0.2, -0.15) is 0 Å². The summed E-state index contributed by atoms with van der Waals surface area (Å²) < 4.78 is 4.96. The van der Waals surface area contributed by atoms with Crippen LogP contribution in [0.2, 0.25) is 0 Å². The molecule has 4 nitrogen and oxygen atoms in total. The Morgan fingerprint density at radius 3 is 2.71 bits per heavy atom. The fourth-order valence-corrected chi connectivity index (χ4v) is 1.22. The van der Waals surface area contributed by atoms with Crippen molar-refractivity contribution >= 4 is 5.78 Å². The Labute approximate surface area is 83.3 Å². The molecule has 1 aromatic rings. The second-order valence-corrected chi connectivity index (χ2v) is 3.31. The predicted molar refractivity (Wildman–Crippen MR) is 52.0 cm³/mol. The monoisotopic (exact) mass is 194 g/mol. The molecule has 1 rings (SSSR count). The molecule has 0 aliphatic heterocycles. The van der Waals surface area contributed by atoms with Crippen LogP contribution in [0.1, 0.15) is 23.7 Å². The standard InChI is InChI=1S/C10H14N2O2/c1-8(6-14-2)3-10(13)9-4-11-7-12-5-9/h4-5,7-8H,3,6H2,1-2H3. The van der Waals surface area contributed by atoms with E-state index in [9.17, 15) is 4.79 Å². The van der Waals surface area contributed by atoms with Gasteiger partial charge in [0.1, 0.15) is 6.33 Å². The van der Waals surface area contributed by atoms with E-state index in [0.717, 1.165) is 0 Å². The first-order valence-corrected chi connectivity index (χ1v) is 4.51. The molecule has 0 saturated heterocycles. The van der Waals surface area contributed by atoms with E-state index < -0.39 is 0 Å². The molecular formula is C10H14N2O2. The summed E-state index contributed by atoms with van der Waals surface area (Å²) in [4.78, 5) is 19.2. The Morgan fingerprint density at radius 1 is 1.50 bits per heavy atom. The number of rotatable bonds is 5.